The molecular weight excluding hydrogens is 757 g/mol. The summed E-state index contributed by atoms with van der Waals surface area (Å²) in [5.41, 5.74) is 0. The van der Waals surface area contributed by atoms with Crippen LogP contribution in [0.3, 0.4) is 0 Å². The van der Waals surface area contributed by atoms with Gasteiger partial charge in [-0.05, 0) is 37.0 Å². The van der Waals surface area contributed by atoms with Crippen LogP contribution in [0.1, 0.15) is 298 Å². The highest BCUT2D eigenvalue weighted by atomic mass is 16.6. The van der Waals surface area contributed by atoms with Crippen molar-refractivity contribution >= 4 is 17.9 Å². The largest absolute Gasteiger partial charge is 0.462 e. The lowest BCUT2D eigenvalue weighted by atomic mass is 9.99. The molecule has 0 N–H and O–H groups in total. The van der Waals surface area contributed by atoms with Crippen molar-refractivity contribution in [2.75, 3.05) is 13.2 Å². The molecule has 61 heavy (non-hydrogen) atoms. The van der Waals surface area contributed by atoms with Crippen LogP contribution in [0.4, 0.5) is 0 Å². The zero-order chi connectivity index (χ0) is 44.9. The minimum absolute atomic E-state index is 0.0647. The molecule has 0 aliphatic heterocycles. The smallest absolute Gasteiger partial charge is 0.306 e. The fourth-order valence-corrected chi connectivity index (χ4v) is 8.26. The summed E-state index contributed by atoms with van der Waals surface area (Å²) < 4.78 is 16.8. The van der Waals surface area contributed by atoms with Crippen LogP contribution in [0.25, 0.3) is 0 Å². The second kappa shape index (κ2) is 46.4. The molecule has 6 nitrogen and oxygen atoms in total. The first-order valence-electron chi connectivity index (χ1n) is 27.1. The van der Waals surface area contributed by atoms with Gasteiger partial charge in [0.2, 0.25) is 0 Å². The van der Waals surface area contributed by atoms with Crippen molar-refractivity contribution in [1.82, 2.24) is 0 Å². The van der Waals surface area contributed by atoms with Gasteiger partial charge in [0.05, 0.1) is 0 Å². The molecule has 0 fully saturated rings. The summed E-state index contributed by atoms with van der Waals surface area (Å²) in [6, 6.07) is 0. The van der Waals surface area contributed by atoms with E-state index >= 15 is 0 Å². The summed E-state index contributed by atoms with van der Waals surface area (Å²) in [5, 5.41) is 0. The summed E-state index contributed by atoms with van der Waals surface area (Å²) in [4.78, 5) is 38.0. The van der Waals surface area contributed by atoms with Crippen molar-refractivity contribution in [3.05, 3.63) is 0 Å². The van der Waals surface area contributed by atoms with Gasteiger partial charge in [-0.1, -0.05) is 260 Å². The highest BCUT2D eigenvalue weighted by Crippen LogP contribution is 2.18. The lowest BCUT2D eigenvalue weighted by Gasteiger charge is -2.18. The molecule has 0 aromatic carbocycles. The first kappa shape index (κ1) is 59.4. The number of rotatable bonds is 48. The molecule has 0 aromatic heterocycles. The van der Waals surface area contributed by atoms with Crippen LogP contribution in [0.2, 0.25) is 0 Å². The fraction of sp³-hybridized carbons (Fsp3) is 0.945. The lowest BCUT2D eigenvalue weighted by molar-refractivity contribution is -0.167. The standard InChI is InChI=1S/C55H106O6/c1-7-51(6)43-37-31-25-18-15-16-20-27-33-39-45-54(57)60-48-52(61-55(58)46-40-34-28-22-21-24-30-36-42-50(4)5)47-59-53(56)44-38-32-26-19-14-12-10-8-9-11-13-17-23-29-35-41-49(2)3/h49-52H,7-48H2,1-6H3/t51?,52-/m1/s1. The topological polar surface area (TPSA) is 78.9 Å². The highest BCUT2D eigenvalue weighted by Gasteiger charge is 2.19. The van der Waals surface area contributed by atoms with E-state index in [9.17, 15) is 14.4 Å². The molecule has 0 spiro atoms. The predicted molar refractivity (Wildman–Crippen MR) is 261 cm³/mol. The Morgan fingerprint density at radius 3 is 0.852 bits per heavy atom. The Hall–Kier alpha value is -1.59. The summed E-state index contributed by atoms with van der Waals surface area (Å²) in [6.45, 7) is 13.7. The Labute approximate surface area is 380 Å². The second-order valence-corrected chi connectivity index (χ2v) is 20.1. The van der Waals surface area contributed by atoms with Crippen LogP contribution >= 0.6 is 0 Å². The van der Waals surface area contributed by atoms with Crippen LogP contribution in [0, 0.1) is 17.8 Å². The van der Waals surface area contributed by atoms with E-state index in [1.165, 1.54) is 180 Å². The summed E-state index contributed by atoms with van der Waals surface area (Å²) in [7, 11) is 0. The molecule has 0 heterocycles. The van der Waals surface area contributed by atoms with Crippen LogP contribution < -0.4 is 0 Å². The summed E-state index contributed by atoms with van der Waals surface area (Å²) in [6.07, 6.45) is 46.6. The van der Waals surface area contributed by atoms with E-state index in [1.54, 1.807) is 0 Å². The van der Waals surface area contributed by atoms with E-state index in [0.717, 1.165) is 75.5 Å². The van der Waals surface area contributed by atoms with Crippen LogP contribution in [-0.4, -0.2) is 37.2 Å². The third kappa shape index (κ3) is 47.7. The number of unbranched alkanes of at least 4 members (excludes halogenated alkanes) is 30. The van der Waals surface area contributed by atoms with Crippen molar-refractivity contribution < 1.29 is 28.6 Å². The normalized spacial score (nSPS) is 12.6. The predicted octanol–water partition coefficient (Wildman–Crippen LogP) is 17.6. The molecule has 0 amide bonds. The quantitative estimate of drug-likeness (QED) is 0.0344. The number of hydrogen-bond acceptors (Lipinski definition) is 6. The minimum Gasteiger partial charge on any atom is -0.462 e. The Morgan fingerprint density at radius 2 is 0.574 bits per heavy atom. The van der Waals surface area contributed by atoms with Crippen molar-refractivity contribution in [2.24, 2.45) is 17.8 Å². The lowest BCUT2D eigenvalue weighted by Crippen LogP contribution is -2.30. The molecule has 0 rings (SSSR count). The maximum Gasteiger partial charge on any atom is 0.306 e. The molecule has 0 aliphatic rings. The zero-order valence-corrected chi connectivity index (χ0v) is 42.0. The van der Waals surface area contributed by atoms with E-state index in [2.05, 4.69) is 41.5 Å². The first-order valence-corrected chi connectivity index (χ1v) is 27.1. The highest BCUT2D eigenvalue weighted by molar-refractivity contribution is 5.71. The number of carbonyl (C=O) groups excluding carboxylic acids is 3. The van der Waals surface area contributed by atoms with Gasteiger partial charge in [0, 0.05) is 19.3 Å². The molecule has 0 saturated heterocycles. The fourth-order valence-electron chi connectivity index (χ4n) is 8.26. The third-order valence-corrected chi connectivity index (χ3v) is 12.8. The SMILES string of the molecule is CCC(C)CCCCCCCCCCCCC(=O)OC[C@@H](COC(=O)CCCCCCCCCCCCCCCCCC(C)C)OC(=O)CCCCCCCCCCC(C)C. The van der Waals surface area contributed by atoms with Crippen LogP contribution in [0.5, 0.6) is 0 Å². The van der Waals surface area contributed by atoms with E-state index < -0.39 is 6.10 Å². The van der Waals surface area contributed by atoms with E-state index in [4.69, 9.17) is 14.2 Å². The average Bonchev–Trinajstić information content (AvgIpc) is 3.23. The number of hydrogen-bond donors (Lipinski definition) is 0. The van der Waals surface area contributed by atoms with Gasteiger partial charge in [0.25, 0.3) is 0 Å². The first-order chi connectivity index (χ1) is 29.6. The number of ether oxygens (including phenoxy) is 3. The molecule has 0 radical (unpaired) electrons. The van der Waals surface area contributed by atoms with Crippen molar-refractivity contribution in [2.45, 2.75) is 304 Å². The number of carbonyl (C=O) groups is 3. The zero-order valence-electron chi connectivity index (χ0n) is 42.0. The second-order valence-electron chi connectivity index (χ2n) is 20.1. The summed E-state index contributed by atoms with van der Waals surface area (Å²) in [5.74, 6) is 1.66. The van der Waals surface area contributed by atoms with Gasteiger partial charge in [0.15, 0.2) is 6.10 Å². The average molecular weight is 863 g/mol. The number of esters is 3. The third-order valence-electron chi connectivity index (χ3n) is 12.8. The van der Waals surface area contributed by atoms with E-state index in [0.29, 0.717) is 19.3 Å². The van der Waals surface area contributed by atoms with Gasteiger partial charge in [-0.15, -0.1) is 0 Å². The van der Waals surface area contributed by atoms with Crippen molar-refractivity contribution in [1.29, 1.82) is 0 Å². The van der Waals surface area contributed by atoms with Crippen molar-refractivity contribution in [3.63, 3.8) is 0 Å². The van der Waals surface area contributed by atoms with Gasteiger partial charge in [-0.2, -0.15) is 0 Å². The van der Waals surface area contributed by atoms with Crippen molar-refractivity contribution in [3.8, 4) is 0 Å². The molecule has 362 valence electrons. The maximum absolute atomic E-state index is 12.8. The molecular formula is C55H106O6. The van der Waals surface area contributed by atoms with E-state index in [-0.39, 0.29) is 31.1 Å². The Bertz CT molecular complexity index is 947. The minimum atomic E-state index is -0.763. The van der Waals surface area contributed by atoms with Gasteiger partial charge in [-0.25, -0.2) is 0 Å². The Balaban J connectivity index is 4.27. The summed E-state index contributed by atoms with van der Waals surface area (Å²) >= 11 is 0. The van der Waals surface area contributed by atoms with Crippen LogP contribution in [0.15, 0.2) is 0 Å². The van der Waals surface area contributed by atoms with Gasteiger partial charge < -0.3 is 14.2 Å². The molecule has 0 aliphatic carbocycles. The molecule has 6 heteroatoms. The molecule has 1 unspecified atom stereocenters. The van der Waals surface area contributed by atoms with Gasteiger partial charge >= 0.3 is 17.9 Å². The van der Waals surface area contributed by atoms with Crippen LogP contribution in [-0.2, 0) is 28.6 Å². The molecule has 0 saturated carbocycles. The maximum atomic E-state index is 12.8. The monoisotopic (exact) mass is 863 g/mol. The molecule has 0 aromatic rings. The van der Waals surface area contributed by atoms with E-state index in [1.807, 2.05) is 0 Å². The van der Waals surface area contributed by atoms with Gasteiger partial charge in [-0.3, -0.25) is 14.4 Å². The Kier molecular flexibility index (Phi) is 45.2. The molecule has 0 bridgehead atoms. The Morgan fingerprint density at radius 1 is 0.328 bits per heavy atom. The van der Waals surface area contributed by atoms with Gasteiger partial charge in [0.1, 0.15) is 13.2 Å². The molecule has 2 atom stereocenters.